The van der Waals surface area contributed by atoms with Crippen molar-refractivity contribution in [1.29, 1.82) is 0 Å². The molecule has 0 bridgehead atoms. The molecule has 2 aromatic rings. The Bertz CT molecular complexity index is 526. The van der Waals surface area contributed by atoms with Crippen LogP contribution in [0.5, 0.6) is 11.5 Å². The molecule has 0 fully saturated rings. The lowest BCUT2D eigenvalue weighted by molar-refractivity contribution is 0.482. The Labute approximate surface area is 150 Å². The minimum atomic E-state index is 0.778. The fraction of sp³-hybridized carbons (Fsp3) is 0.476. The molecule has 1 aromatic carbocycles. The second kappa shape index (κ2) is 15.1. The van der Waals surface area contributed by atoms with Crippen molar-refractivity contribution in [2.24, 2.45) is 0 Å². The highest BCUT2D eigenvalue weighted by atomic mass is 31.1. The first-order valence-corrected chi connectivity index (χ1v) is 10.4. The van der Waals surface area contributed by atoms with E-state index in [4.69, 9.17) is 4.74 Å². The summed E-state index contributed by atoms with van der Waals surface area (Å²) in [6, 6.07) is 12.1. The van der Waals surface area contributed by atoms with Gasteiger partial charge in [-0.3, -0.25) is 4.98 Å². The number of hydrogen-bond donors (Lipinski definition) is 0. The maximum Gasteiger partial charge on any atom is 0.131 e. The van der Waals surface area contributed by atoms with Gasteiger partial charge in [-0.2, -0.15) is 0 Å². The molecule has 1 unspecified atom stereocenters. The number of rotatable bonds is 7. The summed E-state index contributed by atoms with van der Waals surface area (Å²) in [5.74, 6) is 1.75. The molecule has 134 valence electrons. The molecule has 1 heterocycles. The lowest BCUT2D eigenvalue weighted by Gasteiger charge is -2.07. The molecular formula is C21H34NOP. The highest BCUT2D eigenvalue weighted by Crippen LogP contribution is 2.22. The Morgan fingerprint density at radius 1 is 0.917 bits per heavy atom. The molecule has 3 heteroatoms. The smallest absolute Gasteiger partial charge is 0.131 e. The van der Waals surface area contributed by atoms with E-state index in [2.05, 4.69) is 37.0 Å². The van der Waals surface area contributed by atoms with E-state index in [0.717, 1.165) is 25.5 Å². The van der Waals surface area contributed by atoms with Gasteiger partial charge in [-0.05, 0) is 37.7 Å². The lowest BCUT2D eigenvalue weighted by atomic mass is 10.2. The van der Waals surface area contributed by atoms with Crippen LogP contribution < -0.4 is 10.2 Å². The highest BCUT2D eigenvalue weighted by Gasteiger charge is 2.00. The van der Waals surface area contributed by atoms with Crippen molar-refractivity contribution in [3.63, 3.8) is 0 Å². The Kier molecular flexibility index (Phi) is 14.3. The second-order valence-corrected chi connectivity index (χ2v) is 6.29. The van der Waals surface area contributed by atoms with Gasteiger partial charge in [0.2, 0.25) is 0 Å². The summed E-state index contributed by atoms with van der Waals surface area (Å²) in [6.45, 7) is 12.3. The van der Waals surface area contributed by atoms with Gasteiger partial charge in [0.15, 0.2) is 0 Å². The molecule has 0 radical (unpaired) electrons. The normalized spacial score (nSPS) is 9.75. The van der Waals surface area contributed by atoms with E-state index in [1.807, 2.05) is 52.1 Å². The van der Waals surface area contributed by atoms with E-state index in [0.29, 0.717) is 0 Å². The van der Waals surface area contributed by atoms with E-state index in [9.17, 15) is 0 Å². The first-order chi connectivity index (χ1) is 11.8. The SMILES string of the molecule is CC.CC.CCCCCPc1cc(Oc2ccc(C)cc2)ccn1. The number of aromatic nitrogens is 1. The summed E-state index contributed by atoms with van der Waals surface area (Å²) in [7, 11) is 0.778. The first-order valence-electron chi connectivity index (χ1n) is 9.22. The number of ether oxygens (including phenoxy) is 1. The summed E-state index contributed by atoms with van der Waals surface area (Å²) in [5.41, 5.74) is 2.39. The minimum absolute atomic E-state index is 0.778. The van der Waals surface area contributed by atoms with E-state index in [1.165, 1.54) is 31.0 Å². The third-order valence-electron chi connectivity index (χ3n) is 3.07. The van der Waals surface area contributed by atoms with Crippen LogP contribution in [0, 0.1) is 6.92 Å². The van der Waals surface area contributed by atoms with Crippen LogP contribution in [0.25, 0.3) is 0 Å². The third kappa shape index (κ3) is 9.67. The minimum Gasteiger partial charge on any atom is -0.457 e. The molecule has 0 saturated heterocycles. The van der Waals surface area contributed by atoms with Crippen molar-refractivity contribution in [3.05, 3.63) is 48.2 Å². The largest absolute Gasteiger partial charge is 0.457 e. The summed E-state index contributed by atoms with van der Waals surface area (Å²) in [6.07, 6.45) is 6.95. The average Bonchev–Trinajstić information content (AvgIpc) is 2.64. The lowest BCUT2D eigenvalue weighted by Crippen LogP contribution is -2.01. The van der Waals surface area contributed by atoms with Crippen LogP contribution in [0.2, 0.25) is 0 Å². The van der Waals surface area contributed by atoms with Crippen LogP contribution in [-0.4, -0.2) is 11.1 Å². The van der Waals surface area contributed by atoms with Crippen LogP contribution in [0.3, 0.4) is 0 Å². The fourth-order valence-corrected chi connectivity index (χ4v) is 3.00. The maximum atomic E-state index is 5.87. The molecule has 0 saturated carbocycles. The van der Waals surface area contributed by atoms with Crippen molar-refractivity contribution in [2.45, 2.75) is 60.8 Å². The predicted molar refractivity (Wildman–Crippen MR) is 111 cm³/mol. The van der Waals surface area contributed by atoms with Gasteiger partial charge in [0, 0.05) is 12.3 Å². The van der Waals surface area contributed by atoms with Crippen LogP contribution in [0.1, 0.15) is 59.4 Å². The topological polar surface area (TPSA) is 22.1 Å². The molecule has 1 aromatic heterocycles. The van der Waals surface area contributed by atoms with Crippen molar-refractivity contribution in [2.75, 3.05) is 6.16 Å². The molecule has 0 aliphatic rings. The Morgan fingerprint density at radius 3 is 2.21 bits per heavy atom. The van der Waals surface area contributed by atoms with Crippen molar-refractivity contribution in [3.8, 4) is 11.5 Å². The standard InChI is InChI=1S/C17H22NOP.2C2H6/c1-3-4-5-12-20-17-13-16(10-11-18-17)19-15-8-6-14(2)7-9-15;2*1-2/h6-11,13,20H,3-5,12H2,1-2H3;2*1-2H3. The molecule has 0 aliphatic heterocycles. The van der Waals surface area contributed by atoms with Crippen LogP contribution in [-0.2, 0) is 0 Å². The van der Waals surface area contributed by atoms with Crippen LogP contribution >= 0.6 is 8.58 Å². The average molecular weight is 347 g/mol. The van der Waals surface area contributed by atoms with E-state index in [-0.39, 0.29) is 0 Å². The van der Waals surface area contributed by atoms with Crippen molar-refractivity contribution < 1.29 is 4.74 Å². The van der Waals surface area contributed by atoms with Crippen molar-refractivity contribution >= 4 is 14.0 Å². The summed E-state index contributed by atoms with van der Waals surface area (Å²) >= 11 is 0. The van der Waals surface area contributed by atoms with Crippen LogP contribution in [0.15, 0.2) is 42.6 Å². The van der Waals surface area contributed by atoms with E-state index in [1.54, 1.807) is 0 Å². The zero-order chi connectivity index (χ0) is 18.2. The molecular weight excluding hydrogens is 313 g/mol. The van der Waals surface area contributed by atoms with Gasteiger partial charge in [0.05, 0.1) is 5.44 Å². The number of nitrogens with zero attached hydrogens (tertiary/aromatic N) is 1. The summed E-state index contributed by atoms with van der Waals surface area (Å²) in [4.78, 5) is 4.43. The van der Waals surface area contributed by atoms with E-state index < -0.39 is 0 Å². The number of aryl methyl sites for hydroxylation is 1. The molecule has 0 spiro atoms. The van der Waals surface area contributed by atoms with Gasteiger partial charge in [-0.1, -0.05) is 73.7 Å². The molecule has 2 nitrogen and oxygen atoms in total. The number of hydrogen-bond acceptors (Lipinski definition) is 2. The Morgan fingerprint density at radius 2 is 1.58 bits per heavy atom. The van der Waals surface area contributed by atoms with Gasteiger partial charge in [0.1, 0.15) is 11.5 Å². The second-order valence-electron chi connectivity index (χ2n) is 4.93. The third-order valence-corrected chi connectivity index (χ3v) is 4.31. The van der Waals surface area contributed by atoms with Gasteiger partial charge < -0.3 is 4.74 Å². The first kappa shape index (κ1) is 22.6. The van der Waals surface area contributed by atoms with Gasteiger partial charge in [0.25, 0.3) is 0 Å². The molecule has 24 heavy (non-hydrogen) atoms. The van der Waals surface area contributed by atoms with Gasteiger partial charge in [-0.25, -0.2) is 0 Å². The predicted octanol–water partition coefficient (Wildman–Crippen LogP) is 6.73. The maximum absolute atomic E-state index is 5.87. The number of unbranched alkanes of at least 4 members (excludes halogenated alkanes) is 2. The zero-order valence-corrected chi connectivity index (χ0v) is 17.2. The number of benzene rings is 1. The van der Waals surface area contributed by atoms with Crippen molar-refractivity contribution in [1.82, 2.24) is 4.98 Å². The fourth-order valence-electron chi connectivity index (χ4n) is 1.91. The quantitative estimate of drug-likeness (QED) is 0.409. The summed E-state index contributed by atoms with van der Waals surface area (Å²) < 4.78 is 5.87. The zero-order valence-electron chi connectivity index (χ0n) is 16.2. The van der Waals surface area contributed by atoms with Gasteiger partial charge in [-0.15, -0.1) is 0 Å². The highest BCUT2D eigenvalue weighted by molar-refractivity contribution is 7.46. The number of pyridine rings is 1. The Hall–Kier alpha value is -1.40. The van der Waals surface area contributed by atoms with Crippen LogP contribution in [0.4, 0.5) is 0 Å². The molecule has 0 N–H and O–H groups in total. The van der Waals surface area contributed by atoms with E-state index >= 15 is 0 Å². The summed E-state index contributed by atoms with van der Waals surface area (Å²) in [5, 5.41) is 0. The molecule has 2 rings (SSSR count). The molecule has 0 aliphatic carbocycles. The molecule has 1 atom stereocenters. The van der Waals surface area contributed by atoms with Gasteiger partial charge >= 0.3 is 0 Å². The molecule has 0 amide bonds. The monoisotopic (exact) mass is 347 g/mol. The Balaban J connectivity index is 0.00000123.